The molecule has 0 fully saturated rings. The summed E-state index contributed by atoms with van der Waals surface area (Å²) >= 11 is 0. The molecule has 0 aliphatic heterocycles. The molecule has 5 heteroatoms. The quantitative estimate of drug-likeness (QED) is 0.797. The number of aryl methyl sites for hydroxylation is 1. The highest BCUT2D eigenvalue weighted by Gasteiger charge is 2.18. The molecule has 1 aromatic carbocycles. The Balaban J connectivity index is 2.83. The molecule has 2 N–H and O–H groups in total. The average molecular weight is 298 g/mol. The maximum Gasteiger partial charge on any atom is 0.154 e. The monoisotopic (exact) mass is 298 g/mol. The maximum absolute atomic E-state index is 12.0. The topological polar surface area (TPSA) is 63.4 Å². The molecule has 0 unspecified atom stereocenters. The van der Waals surface area contributed by atoms with Gasteiger partial charge < -0.3 is 10.6 Å². The Bertz CT molecular complexity index is 512. The summed E-state index contributed by atoms with van der Waals surface area (Å²) in [5, 5.41) is -0.323. The Hall–Kier alpha value is -1.07. The van der Waals surface area contributed by atoms with Crippen LogP contribution in [0.15, 0.2) is 24.3 Å². The smallest absolute Gasteiger partial charge is 0.154 e. The van der Waals surface area contributed by atoms with Crippen molar-refractivity contribution in [1.82, 2.24) is 0 Å². The van der Waals surface area contributed by atoms with Gasteiger partial charge in [0.2, 0.25) is 0 Å². The molecule has 20 heavy (non-hydrogen) atoms. The van der Waals surface area contributed by atoms with Gasteiger partial charge in [-0.15, -0.1) is 0 Å². The summed E-state index contributed by atoms with van der Waals surface area (Å²) in [5.41, 5.74) is 7.83. The number of nitrogens with zero attached hydrogens (tertiary/aromatic N) is 1. The lowest BCUT2D eigenvalue weighted by Gasteiger charge is -2.26. The van der Waals surface area contributed by atoms with Gasteiger partial charge in [-0.25, -0.2) is 8.42 Å². The third-order valence-corrected chi connectivity index (χ3v) is 5.64. The van der Waals surface area contributed by atoms with Gasteiger partial charge >= 0.3 is 0 Å². The number of rotatable bonds is 8. The Kier molecular flexibility index (Phi) is 6.49. The Morgan fingerprint density at radius 2 is 1.85 bits per heavy atom. The summed E-state index contributed by atoms with van der Waals surface area (Å²) < 4.78 is 23.9. The van der Waals surface area contributed by atoms with E-state index in [1.165, 1.54) is 0 Å². The third kappa shape index (κ3) is 4.80. The first kappa shape index (κ1) is 17.0. The number of hydrogen-bond acceptors (Lipinski definition) is 4. The number of sulfone groups is 1. The number of para-hydroxylation sites is 1. The van der Waals surface area contributed by atoms with Crippen LogP contribution in [0.3, 0.4) is 0 Å². The molecule has 0 spiro atoms. The normalized spacial score (nSPS) is 11.8. The molecule has 4 nitrogen and oxygen atoms in total. The Labute approximate surface area is 122 Å². The molecule has 0 saturated carbocycles. The SMILES string of the molecule is Cc1ccccc1N(CCCN)CCS(=O)(=O)C(C)C. The molecule has 0 aliphatic rings. The van der Waals surface area contributed by atoms with E-state index in [0.717, 1.165) is 24.2 Å². The van der Waals surface area contributed by atoms with E-state index in [4.69, 9.17) is 5.73 Å². The summed E-state index contributed by atoms with van der Waals surface area (Å²) in [4.78, 5) is 2.13. The predicted molar refractivity (Wildman–Crippen MR) is 86.0 cm³/mol. The number of benzene rings is 1. The zero-order valence-electron chi connectivity index (χ0n) is 12.7. The van der Waals surface area contributed by atoms with Gasteiger partial charge in [-0.2, -0.15) is 0 Å². The van der Waals surface area contributed by atoms with Crippen molar-refractivity contribution < 1.29 is 8.42 Å². The zero-order valence-corrected chi connectivity index (χ0v) is 13.5. The lowest BCUT2D eigenvalue weighted by molar-refractivity contribution is 0.585. The third-order valence-electron chi connectivity index (χ3n) is 3.45. The number of anilines is 1. The van der Waals surface area contributed by atoms with Crippen molar-refractivity contribution in [2.24, 2.45) is 5.73 Å². The van der Waals surface area contributed by atoms with Crippen molar-refractivity contribution in [3.63, 3.8) is 0 Å². The molecule has 1 rings (SSSR count). The number of hydrogen-bond donors (Lipinski definition) is 1. The van der Waals surface area contributed by atoms with Gasteiger partial charge in [0.1, 0.15) is 0 Å². The summed E-state index contributed by atoms with van der Waals surface area (Å²) in [7, 11) is -3.01. The van der Waals surface area contributed by atoms with Gasteiger partial charge in [-0.3, -0.25) is 0 Å². The van der Waals surface area contributed by atoms with Crippen LogP contribution in [0, 0.1) is 6.92 Å². The van der Waals surface area contributed by atoms with Crippen LogP contribution in [0.1, 0.15) is 25.8 Å². The average Bonchev–Trinajstić information content (AvgIpc) is 2.40. The van der Waals surface area contributed by atoms with Crippen LogP contribution in [-0.2, 0) is 9.84 Å². The molecular formula is C15H26N2O2S. The second kappa shape index (κ2) is 7.64. The minimum atomic E-state index is -3.01. The predicted octanol–water partition coefficient (Wildman–Crippen LogP) is 1.97. The fourth-order valence-corrected chi connectivity index (χ4v) is 2.97. The molecule has 114 valence electrons. The minimum absolute atomic E-state index is 0.184. The van der Waals surface area contributed by atoms with E-state index < -0.39 is 9.84 Å². The summed E-state index contributed by atoms with van der Waals surface area (Å²) in [6.45, 7) is 7.42. The van der Waals surface area contributed by atoms with Crippen LogP contribution in [-0.4, -0.2) is 39.1 Å². The first-order valence-corrected chi connectivity index (χ1v) is 8.82. The first-order valence-electron chi connectivity index (χ1n) is 7.10. The molecule has 0 heterocycles. The Morgan fingerprint density at radius 3 is 2.40 bits per heavy atom. The molecule has 0 saturated heterocycles. The summed E-state index contributed by atoms with van der Waals surface area (Å²) in [6, 6.07) is 8.05. The van der Waals surface area contributed by atoms with E-state index in [1.54, 1.807) is 13.8 Å². The van der Waals surface area contributed by atoms with Crippen molar-refractivity contribution in [3.8, 4) is 0 Å². The molecule has 0 atom stereocenters. The molecule has 0 aliphatic carbocycles. The van der Waals surface area contributed by atoms with E-state index in [0.29, 0.717) is 13.1 Å². The highest BCUT2D eigenvalue weighted by Crippen LogP contribution is 2.19. The maximum atomic E-state index is 12.0. The van der Waals surface area contributed by atoms with Gasteiger partial charge in [0.25, 0.3) is 0 Å². The van der Waals surface area contributed by atoms with E-state index in [9.17, 15) is 8.42 Å². The van der Waals surface area contributed by atoms with Gasteiger partial charge in [-0.1, -0.05) is 18.2 Å². The fourth-order valence-electron chi connectivity index (χ4n) is 2.03. The van der Waals surface area contributed by atoms with Crippen molar-refractivity contribution in [1.29, 1.82) is 0 Å². The Morgan fingerprint density at radius 1 is 1.20 bits per heavy atom. The van der Waals surface area contributed by atoms with Crippen LogP contribution in [0.5, 0.6) is 0 Å². The van der Waals surface area contributed by atoms with Gasteiger partial charge in [0.15, 0.2) is 9.84 Å². The van der Waals surface area contributed by atoms with E-state index in [2.05, 4.69) is 4.90 Å². The van der Waals surface area contributed by atoms with Crippen LogP contribution in [0.4, 0.5) is 5.69 Å². The van der Waals surface area contributed by atoms with Crippen LogP contribution >= 0.6 is 0 Å². The fraction of sp³-hybridized carbons (Fsp3) is 0.600. The minimum Gasteiger partial charge on any atom is -0.370 e. The molecular weight excluding hydrogens is 272 g/mol. The van der Waals surface area contributed by atoms with Crippen molar-refractivity contribution >= 4 is 15.5 Å². The van der Waals surface area contributed by atoms with Crippen molar-refractivity contribution in [2.45, 2.75) is 32.4 Å². The summed E-state index contributed by atoms with van der Waals surface area (Å²) in [5.74, 6) is 0.184. The summed E-state index contributed by atoms with van der Waals surface area (Å²) in [6.07, 6.45) is 0.857. The van der Waals surface area contributed by atoms with E-state index in [-0.39, 0.29) is 11.0 Å². The highest BCUT2D eigenvalue weighted by molar-refractivity contribution is 7.92. The molecule has 0 bridgehead atoms. The zero-order chi connectivity index (χ0) is 15.2. The standard InChI is InChI=1S/C15H26N2O2S/c1-13(2)20(18,19)12-11-17(10-6-9-16)15-8-5-4-7-14(15)3/h4-5,7-8,13H,6,9-12,16H2,1-3H3. The van der Waals surface area contributed by atoms with Gasteiger partial charge in [0.05, 0.1) is 11.0 Å². The van der Waals surface area contributed by atoms with Gasteiger partial charge in [0, 0.05) is 18.8 Å². The molecule has 0 amide bonds. The molecule has 1 aromatic rings. The lowest BCUT2D eigenvalue weighted by Crippen LogP contribution is -2.33. The van der Waals surface area contributed by atoms with Crippen LogP contribution < -0.4 is 10.6 Å². The lowest BCUT2D eigenvalue weighted by atomic mass is 10.1. The largest absolute Gasteiger partial charge is 0.370 e. The highest BCUT2D eigenvalue weighted by atomic mass is 32.2. The van der Waals surface area contributed by atoms with E-state index in [1.807, 2.05) is 31.2 Å². The van der Waals surface area contributed by atoms with E-state index >= 15 is 0 Å². The second-order valence-corrected chi connectivity index (χ2v) is 8.01. The second-order valence-electron chi connectivity index (χ2n) is 5.33. The van der Waals surface area contributed by atoms with Crippen LogP contribution in [0.2, 0.25) is 0 Å². The number of nitrogens with two attached hydrogens (primary N) is 1. The van der Waals surface area contributed by atoms with Crippen LogP contribution in [0.25, 0.3) is 0 Å². The first-order chi connectivity index (χ1) is 9.38. The van der Waals surface area contributed by atoms with Crippen molar-refractivity contribution in [3.05, 3.63) is 29.8 Å². The molecule has 0 aromatic heterocycles. The van der Waals surface area contributed by atoms with Gasteiger partial charge in [-0.05, 0) is 45.4 Å². The molecule has 0 radical (unpaired) electrons. The van der Waals surface area contributed by atoms with Crippen molar-refractivity contribution in [2.75, 3.05) is 30.3 Å².